The highest BCUT2D eigenvalue weighted by Gasteiger charge is 2.12. The van der Waals surface area contributed by atoms with Gasteiger partial charge in [0, 0.05) is 5.69 Å². The van der Waals surface area contributed by atoms with Crippen molar-refractivity contribution in [2.24, 2.45) is 0 Å². The van der Waals surface area contributed by atoms with Crippen LogP contribution in [0.2, 0.25) is 0 Å². The monoisotopic (exact) mass is 339 g/mol. The van der Waals surface area contributed by atoms with Crippen molar-refractivity contribution in [2.75, 3.05) is 5.32 Å². The van der Waals surface area contributed by atoms with Crippen molar-refractivity contribution < 1.29 is 9.90 Å². The molecule has 0 heterocycles. The Morgan fingerprint density at radius 3 is 1.92 bits per heavy atom. The van der Waals surface area contributed by atoms with Gasteiger partial charge in [0.2, 0.25) is 0 Å². The SMILES string of the molecule is N#Cc1ccc(-c2ccc(NC(=O)c3cc(C#N)ccc3O)cc2)cc1. The average Bonchev–Trinajstić information content (AvgIpc) is 2.69. The van der Waals surface area contributed by atoms with Gasteiger partial charge in [0.15, 0.2) is 0 Å². The van der Waals surface area contributed by atoms with Gasteiger partial charge in [0.05, 0.1) is 28.8 Å². The molecule has 0 bridgehead atoms. The Bertz CT molecular complexity index is 1040. The molecule has 0 radical (unpaired) electrons. The number of phenolic OH excluding ortho intramolecular Hbond substituents is 1. The number of phenols is 1. The summed E-state index contributed by atoms with van der Waals surface area (Å²) in [6, 6.07) is 22.5. The van der Waals surface area contributed by atoms with Gasteiger partial charge in [0.1, 0.15) is 5.75 Å². The minimum atomic E-state index is -0.495. The number of nitrogens with zero attached hydrogens (tertiary/aromatic N) is 2. The molecule has 26 heavy (non-hydrogen) atoms. The van der Waals surface area contributed by atoms with Crippen LogP contribution in [0.4, 0.5) is 5.69 Å². The van der Waals surface area contributed by atoms with Crippen LogP contribution in [0.3, 0.4) is 0 Å². The third kappa shape index (κ3) is 3.53. The Morgan fingerprint density at radius 2 is 1.35 bits per heavy atom. The highest BCUT2D eigenvalue weighted by Crippen LogP contribution is 2.23. The molecular weight excluding hydrogens is 326 g/mol. The molecule has 0 aliphatic heterocycles. The second kappa shape index (κ2) is 7.21. The number of hydrogen-bond donors (Lipinski definition) is 2. The average molecular weight is 339 g/mol. The highest BCUT2D eigenvalue weighted by atomic mass is 16.3. The van der Waals surface area contributed by atoms with E-state index in [-0.39, 0.29) is 11.3 Å². The summed E-state index contributed by atoms with van der Waals surface area (Å²) in [6.45, 7) is 0. The van der Waals surface area contributed by atoms with Crippen molar-refractivity contribution in [3.8, 4) is 29.0 Å². The van der Waals surface area contributed by atoms with E-state index in [9.17, 15) is 9.90 Å². The topological polar surface area (TPSA) is 96.9 Å². The number of anilines is 1. The lowest BCUT2D eigenvalue weighted by Crippen LogP contribution is -2.12. The van der Waals surface area contributed by atoms with Gasteiger partial charge in [-0.05, 0) is 53.6 Å². The molecule has 0 spiro atoms. The fraction of sp³-hybridized carbons (Fsp3) is 0. The molecule has 0 aromatic heterocycles. The van der Waals surface area contributed by atoms with Crippen molar-refractivity contribution >= 4 is 11.6 Å². The first-order valence-electron chi connectivity index (χ1n) is 7.76. The van der Waals surface area contributed by atoms with Gasteiger partial charge >= 0.3 is 0 Å². The third-order valence-electron chi connectivity index (χ3n) is 3.86. The maximum absolute atomic E-state index is 12.3. The van der Waals surface area contributed by atoms with Crippen molar-refractivity contribution in [2.45, 2.75) is 0 Å². The molecule has 124 valence electrons. The summed E-state index contributed by atoms with van der Waals surface area (Å²) < 4.78 is 0. The Hall–Kier alpha value is -4.09. The van der Waals surface area contributed by atoms with E-state index >= 15 is 0 Å². The van der Waals surface area contributed by atoms with Crippen molar-refractivity contribution in [3.63, 3.8) is 0 Å². The number of nitrogens with one attached hydrogen (secondary N) is 1. The second-order valence-corrected chi connectivity index (χ2v) is 5.56. The summed E-state index contributed by atoms with van der Waals surface area (Å²) in [5.41, 5.74) is 3.40. The van der Waals surface area contributed by atoms with Crippen LogP contribution in [-0.2, 0) is 0 Å². The van der Waals surface area contributed by atoms with Crippen LogP contribution in [0, 0.1) is 22.7 Å². The Morgan fingerprint density at radius 1 is 0.808 bits per heavy atom. The summed E-state index contributed by atoms with van der Waals surface area (Å²) in [7, 11) is 0. The fourth-order valence-electron chi connectivity index (χ4n) is 2.47. The smallest absolute Gasteiger partial charge is 0.259 e. The number of hydrogen-bond acceptors (Lipinski definition) is 4. The van der Waals surface area contributed by atoms with Gasteiger partial charge < -0.3 is 10.4 Å². The van der Waals surface area contributed by atoms with E-state index in [1.165, 1.54) is 18.2 Å². The Kier molecular flexibility index (Phi) is 4.65. The van der Waals surface area contributed by atoms with Crippen LogP contribution in [0.25, 0.3) is 11.1 Å². The zero-order valence-corrected chi connectivity index (χ0v) is 13.6. The predicted molar refractivity (Wildman–Crippen MR) is 97.4 cm³/mol. The molecule has 0 aliphatic rings. The molecule has 3 rings (SSSR count). The maximum Gasteiger partial charge on any atom is 0.259 e. The normalized spacial score (nSPS) is 9.77. The first-order chi connectivity index (χ1) is 12.6. The van der Waals surface area contributed by atoms with E-state index in [1.54, 1.807) is 24.3 Å². The first-order valence-corrected chi connectivity index (χ1v) is 7.76. The summed E-state index contributed by atoms with van der Waals surface area (Å²) in [6.07, 6.45) is 0. The molecule has 0 unspecified atom stereocenters. The quantitative estimate of drug-likeness (QED) is 0.752. The molecule has 0 saturated heterocycles. The number of carbonyl (C=O) groups excluding carboxylic acids is 1. The van der Waals surface area contributed by atoms with Gasteiger partial charge in [-0.25, -0.2) is 0 Å². The van der Waals surface area contributed by atoms with Crippen LogP contribution in [0.5, 0.6) is 5.75 Å². The van der Waals surface area contributed by atoms with E-state index in [0.29, 0.717) is 16.8 Å². The molecule has 0 atom stereocenters. The van der Waals surface area contributed by atoms with Crippen LogP contribution >= 0.6 is 0 Å². The van der Waals surface area contributed by atoms with Gasteiger partial charge in [-0.3, -0.25) is 4.79 Å². The van der Waals surface area contributed by atoms with Crippen molar-refractivity contribution in [1.29, 1.82) is 10.5 Å². The van der Waals surface area contributed by atoms with Crippen LogP contribution < -0.4 is 5.32 Å². The lowest BCUT2D eigenvalue weighted by atomic mass is 10.0. The molecule has 0 fully saturated rings. The van der Waals surface area contributed by atoms with Crippen molar-refractivity contribution in [1.82, 2.24) is 0 Å². The molecular formula is C21H13N3O2. The number of carbonyl (C=O) groups is 1. The molecule has 1 amide bonds. The number of aromatic hydroxyl groups is 1. The van der Waals surface area contributed by atoms with Gasteiger partial charge in [0.25, 0.3) is 5.91 Å². The van der Waals surface area contributed by atoms with E-state index in [0.717, 1.165) is 11.1 Å². The summed E-state index contributed by atoms with van der Waals surface area (Å²) >= 11 is 0. The molecule has 0 aliphatic carbocycles. The van der Waals surface area contributed by atoms with Crippen LogP contribution in [-0.4, -0.2) is 11.0 Å². The maximum atomic E-state index is 12.3. The molecule has 0 saturated carbocycles. The fourth-order valence-corrected chi connectivity index (χ4v) is 2.47. The number of amides is 1. The van der Waals surface area contributed by atoms with E-state index in [4.69, 9.17) is 10.5 Å². The molecule has 3 aromatic rings. The third-order valence-corrected chi connectivity index (χ3v) is 3.86. The number of nitriles is 2. The molecule has 2 N–H and O–H groups in total. The van der Waals surface area contributed by atoms with Crippen molar-refractivity contribution in [3.05, 3.63) is 83.4 Å². The number of rotatable bonds is 3. The summed E-state index contributed by atoms with van der Waals surface area (Å²) in [4.78, 5) is 12.3. The first kappa shape index (κ1) is 16.8. The standard InChI is InChI=1S/C21H13N3O2/c22-12-14-1-4-16(5-2-14)17-6-8-18(9-7-17)24-21(26)19-11-15(13-23)3-10-20(19)25/h1-11,25H,(H,24,26). The van der Waals surface area contributed by atoms with Gasteiger partial charge in [-0.2, -0.15) is 10.5 Å². The van der Waals surface area contributed by atoms with E-state index in [2.05, 4.69) is 11.4 Å². The van der Waals surface area contributed by atoms with Gasteiger partial charge in [-0.15, -0.1) is 0 Å². The number of benzene rings is 3. The molecule has 5 nitrogen and oxygen atoms in total. The van der Waals surface area contributed by atoms with E-state index < -0.39 is 5.91 Å². The highest BCUT2D eigenvalue weighted by molar-refractivity contribution is 6.06. The second-order valence-electron chi connectivity index (χ2n) is 5.56. The minimum Gasteiger partial charge on any atom is -0.507 e. The predicted octanol–water partition coefficient (Wildman–Crippen LogP) is 4.05. The Labute approximate surface area is 150 Å². The molecule has 5 heteroatoms. The Balaban J connectivity index is 1.78. The largest absolute Gasteiger partial charge is 0.507 e. The lowest BCUT2D eigenvalue weighted by Gasteiger charge is -2.08. The zero-order valence-electron chi connectivity index (χ0n) is 13.6. The van der Waals surface area contributed by atoms with E-state index in [1.807, 2.05) is 30.3 Å². The summed E-state index contributed by atoms with van der Waals surface area (Å²) in [5, 5.41) is 30.3. The van der Waals surface area contributed by atoms with Crippen LogP contribution in [0.1, 0.15) is 21.5 Å². The lowest BCUT2D eigenvalue weighted by molar-refractivity contribution is 0.102. The summed E-state index contributed by atoms with van der Waals surface area (Å²) in [5.74, 6) is -0.679. The molecule has 3 aromatic carbocycles. The van der Waals surface area contributed by atoms with Crippen LogP contribution in [0.15, 0.2) is 66.7 Å². The minimum absolute atomic E-state index is 0.0419. The van der Waals surface area contributed by atoms with Gasteiger partial charge in [-0.1, -0.05) is 24.3 Å². The zero-order chi connectivity index (χ0) is 18.5.